The minimum Gasteiger partial charge on any atom is -0.421 e. The summed E-state index contributed by atoms with van der Waals surface area (Å²) in [6.07, 6.45) is 0. The van der Waals surface area contributed by atoms with Crippen molar-refractivity contribution in [1.29, 1.82) is 0 Å². The molecule has 3 nitrogen and oxygen atoms in total. The predicted molar refractivity (Wildman–Crippen MR) is 104 cm³/mol. The molecule has 1 aliphatic rings. The Morgan fingerprint density at radius 3 is 2.04 bits per heavy atom. The molecule has 0 amide bonds. The summed E-state index contributed by atoms with van der Waals surface area (Å²) in [5.41, 5.74) is 4.95. The van der Waals surface area contributed by atoms with E-state index in [2.05, 4.69) is 59.7 Å². The van der Waals surface area contributed by atoms with E-state index >= 15 is 0 Å². The first-order chi connectivity index (χ1) is 11.6. The van der Waals surface area contributed by atoms with E-state index in [1.807, 2.05) is 12.1 Å². The van der Waals surface area contributed by atoms with Crippen LogP contribution in [0.2, 0.25) is 0 Å². The highest BCUT2D eigenvalue weighted by molar-refractivity contribution is 7.62. The topological polar surface area (TPSA) is 46.5 Å². The second-order valence-corrected chi connectivity index (χ2v) is 9.51. The Morgan fingerprint density at radius 1 is 0.840 bits per heavy atom. The maximum absolute atomic E-state index is 13.0. The summed E-state index contributed by atoms with van der Waals surface area (Å²) >= 11 is 0. The van der Waals surface area contributed by atoms with Gasteiger partial charge in [0.2, 0.25) is 0 Å². The summed E-state index contributed by atoms with van der Waals surface area (Å²) in [5, 5.41) is 0.469. The third-order valence-electron chi connectivity index (χ3n) is 4.92. The van der Waals surface area contributed by atoms with Crippen molar-refractivity contribution in [3.63, 3.8) is 0 Å². The van der Waals surface area contributed by atoms with Crippen LogP contribution in [0.3, 0.4) is 0 Å². The van der Waals surface area contributed by atoms with Crippen LogP contribution in [0.1, 0.15) is 76.0 Å². The molecule has 1 atom stereocenters. The van der Waals surface area contributed by atoms with Crippen molar-refractivity contribution < 1.29 is 14.0 Å². The molecule has 0 aromatic heterocycles. The fourth-order valence-electron chi connectivity index (χ4n) is 3.35. The van der Waals surface area contributed by atoms with Gasteiger partial charge in [0.1, 0.15) is 5.75 Å². The molecule has 1 aliphatic heterocycles. The lowest BCUT2D eigenvalue weighted by Gasteiger charge is -2.29. The molecule has 134 valence electrons. The van der Waals surface area contributed by atoms with E-state index in [4.69, 9.17) is 4.52 Å². The fraction of sp³-hybridized carbons (Fsp3) is 0.429. The van der Waals surface area contributed by atoms with E-state index in [0.717, 1.165) is 22.3 Å². The van der Waals surface area contributed by atoms with Crippen molar-refractivity contribution in [3.8, 4) is 16.9 Å². The SMILES string of the molecule is CC(C)c1ccc2c(c1)OP(=O)(O)c1c-2cc(C(C)C)cc1C(C)C. The van der Waals surface area contributed by atoms with Gasteiger partial charge >= 0.3 is 7.60 Å². The summed E-state index contributed by atoms with van der Waals surface area (Å²) < 4.78 is 18.7. The molecule has 0 saturated heterocycles. The zero-order chi connectivity index (χ0) is 18.5. The largest absolute Gasteiger partial charge is 0.421 e. The Balaban J connectivity index is 2.35. The van der Waals surface area contributed by atoms with Gasteiger partial charge in [0, 0.05) is 11.1 Å². The van der Waals surface area contributed by atoms with Crippen LogP contribution in [-0.2, 0) is 4.57 Å². The summed E-state index contributed by atoms with van der Waals surface area (Å²) in [6, 6.07) is 10.1. The minimum atomic E-state index is -3.90. The average Bonchev–Trinajstić information content (AvgIpc) is 2.52. The minimum absolute atomic E-state index is 0.146. The molecule has 1 N–H and O–H groups in total. The van der Waals surface area contributed by atoms with Gasteiger partial charge in [0.25, 0.3) is 0 Å². The molecular weight excluding hydrogens is 331 g/mol. The van der Waals surface area contributed by atoms with Gasteiger partial charge in [-0.1, -0.05) is 59.7 Å². The van der Waals surface area contributed by atoms with E-state index in [-0.39, 0.29) is 5.92 Å². The number of hydrogen-bond donors (Lipinski definition) is 1. The Morgan fingerprint density at radius 2 is 1.48 bits per heavy atom. The summed E-state index contributed by atoms with van der Waals surface area (Å²) in [5.74, 6) is 1.34. The first kappa shape index (κ1) is 18.2. The summed E-state index contributed by atoms with van der Waals surface area (Å²) in [7, 11) is -3.90. The molecule has 1 unspecified atom stereocenters. The monoisotopic (exact) mass is 358 g/mol. The average molecular weight is 358 g/mol. The number of benzene rings is 2. The van der Waals surface area contributed by atoms with E-state index in [0.29, 0.717) is 22.9 Å². The maximum Gasteiger partial charge on any atom is 0.409 e. The molecule has 0 fully saturated rings. The third-order valence-corrected chi connectivity index (χ3v) is 6.43. The number of hydrogen-bond acceptors (Lipinski definition) is 2. The van der Waals surface area contributed by atoms with Crippen LogP contribution in [0.25, 0.3) is 11.1 Å². The quantitative estimate of drug-likeness (QED) is 0.692. The number of fused-ring (bicyclic) bond motifs is 3. The van der Waals surface area contributed by atoms with Crippen molar-refractivity contribution >= 4 is 12.9 Å². The molecular formula is C21H27O3P. The van der Waals surface area contributed by atoms with Gasteiger partial charge in [0.15, 0.2) is 0 Å². The molecule has 0 spiro atoms. The molecule has 0 aliphatic carbocycles. The van der Waals surface area contributed by atoms with Crippen LogP contribution in [0.15, 0.2) is 30.3 Å². The standard InChI is InChI=1S/C21H27O3P/c1-12(2)15-7-8-17-19-10-16(13(3)4)9-18(14(5)6)21(19)25(22,23)24-20(17)11-15/h7-14H,1-6H3,(H,22,23). The third kappa shape index (κ3) is 3.16. The zero-order valence-corrected chi connectivity index (χ0v) is 16.7. The summed E-state index contributed by atoms with van der Waals surface area (Å²) in [6.45, 7) is 12.6. The first-order valence-corrected chi connectivity index (χ1v) is 10.5. The Bertz CT molecular complexity index is 866. The highest BCUT2D eigenvalue weighted by Crippen LogP contribution is 2.54. The second-order valence-electron chi connectivity index (χ2n) is 7.84. The van der Waals surface area contributed by atoms with Crippen molar-refractivity contribution in [1.82, 2.24) is 0 Å². The van der Waals surface area contributed by atoms with Crippen LogP contribution in [-0.4, -0.2) is 4.89 Å². The van der Waals surface area contributed by atoms with E-state index < -0.39 is 7.60 Å². The van der Waals surface area contributed by atoms with Crippen molar-refractivity contribution in [2.45, 2.75) is 59.3 Å². The second kappa shape index (κ2) is 6.30. The lowest BCUT2D eigenvalue weighted by Crippen LogP contribution is -2.23. The lowest BCUT2D eigenvalue weighted by molar-refractivity contribution is 0.391. The molecule has 2 aromatic carbocycles. The Kier molecular flexibility index (Phi) is 4.59. The number of rotatable bonds is 3. The molecule has 1 heterocycles. The molecule has 4 heteroatoms. The molecule has 0 saturated carbocycles. The van der Waals surface area contributed by atoms with Gasteiger partial charge in [-0.05, 0) is 46.6 Å². The van der Waals surface area contributed by atoms with E-state index in [1.54, 1.807) is 0 Å². The van der Waals surface area contributed by atoms with E-state index in [9.17, 15) is 9.46 Å². The van der Waals surface area contributed by atoms with E-state index in [1.165, 1.54) is 5.56 Å². The van der Waals surface area contributed by atoms with Crippen molar-refractivity contribution in [2.75, 3.05) is 0 Å². The zero-order valence-electron chi connectivity index (χ0n) is 15.8. The van der Waals surface area contributed by atoms with Gasteiger partial charge in [0.05, 0.1) is 5.30 Å². The smallest absolute Gasteiger partial charge is 0.409 e. The van der Waals surface area contributed by atoms with Gasteiger partial charge in [-0.25, -0.2) is 4.57 Å². The molecule has 0 radical (unpaired) electrons. The lowest BCUT2D eigenvalue weighted by atomic mass is 9.89. The normalized spacial score (nSPS) is 19.1. The Labute approximate surface area is 150 Å². The van der Waals surface area contributed by atoms with Gasteiger partial charge in [-0.2, -0.15) is 0 Å². The van der Waals surface area contributed by atoms with Crippen molar-refractivity contribution in [3.05, 3.63) is 47.0 Å². The molecule has 2 aromatic rings. The molecule has 25 heavy (non-hydrogen) atoms. The van der Waals surface area contributed by atoms with Gasteiger partial charge in [-0.3, -0.25) is 0 Å². The van der Waals surface area contributed by atoms with Crippen LogP contribution in [0, 0.1) is 0 Å². The molecule has 3 rings (SSSR count). The van der Waals surface area contributed by atoms with Gasteiger partial charge in [-0.15, -0.1) is 0 Å². The fourth-order valence-corrected chi connectivity index (χ4v) is 5.00. The van der Waals surface area contributed by atoms with Crippen molar-refractivity contribution in [2.24, 2.45) is 0 Å². The maximum atomic E-state index is 13.0. The van der Waals surface area contributed by atoms with Crippen LogP contribution >= 0.6 is 7.60 Å². The van der Waals surface area contributed by atoms with Crippen LogP contribution in [0.5, 0.6) is 5.75 Å². The summed E-state index contributed by atoms with van der Waals surface area (Å²) in [4.78, 5) is 10.7. The van der Waals surface area contributed by atoms with Crippen LogP contribution < -0.4 is 9.83 Å². The molecule has 0 bridgehead atoms. The van der Waals surface area contributed by atoms with Gasteiger partial charge < -0.3 is 9.42 Å². The first-order valence-electron chi connectivity index (χ1n) is 8.97. The Hall–Kier alpha value is -1.57. The highest BCUT2D eigenvalue weighted by Gasteiger charge is 2.38. The highest BCUT2D eigenvalue weighted by atomic mass is 31.2. The van der Waals surface area contributed by atoms with Crippen LogP contribution in [0.4, 0.5) is 0 Å². The predicted octanol–water partition coefficient (Wildman–Crippen LogP) is 5.93.